The van der Waals surface area contributed by atoms with E-state index in [1.165, 1.54) is 5.56 Å². The van der Waals surface area contributed by atoms with Crippen LogP contribution in [0.25, 0.3) is 0 Å². The lowest BCUT2D eigenvalue weighted by atomic mass is 10.2. The molecule has 22 heavy (non-hydrogen) atoms. The number of benzene rings is 2. The largest absolute Gasteiger partial charge is 0.494 e. The lowest BCUT2D eigenvalue weighted by Gasteiger charge is -2.12. The van der Waals surface area contributed by atoms with Crippen LogP contribution in [0, 0.1) is 0 Å². The molecule has 0 saturated heterocycles. The standard InChI is InChI=1S/C18H21NO2S/c1-3-21-17-11-9-16(10-12-17)19-18(20)13-22-14(2)15-7-5-4-6-8-15/h4-12,14H,3,13H2,1-2H3,(H,19,20)/t14-/m0/s1. The van der Waals surface area contributed by atoms with Gasteiger partial charge in [-0.2, -0.15) is 0 Å². The molecular weight excluding hydrogens is 294 g/mol. The van der Waals surface area contributed by atoms with Gasteiger partial charge in [-0.15, -0.1) is 11.8 Å². The number of hydrogen-bond acceptors (Lipinski definition) is 3. The molecule has 1 N–H and O–H groups in total. The van der Waals surface area contributed by atoms with Crippen LogP contribution in [0.1, 0.15) is 24.7 Å². The molecule has 0 heterocycles. The van der Waals surface area contributed by atoms with Gasteiger partial charge < -0.3 is 10.1 Å². The predicted molar refractivity (Wildman–Crippen MR) is 93.6 cm³/mol. The number of ether oxygens (including phenoxy) is 1. The minimum absolute atomic E-state index is 0.0111. The zero-order valence-electron chi connectivity index (χ0n) is 12.9. The van der Waals surface area contributed by atoms with Crippen LogP contribution < -0.4 is 10.1 Å². The van der Waals surface area contributed by atoms with Gasteiger partial charge in [0.05, 0.1) is 12.4 Å². The summed E-state index contributed by atoms with van der Waals surface area (Å²) in [6.07, 6.45) is 0. The highest BCUT2D eigenvalue weighted by Gasteiger charge is 2.09. The quantitative estimate of drug-likeness (QED) is 0.816. The molecule has 0 fully saturated rings. The van der Waals surface area contributed by atoms with E-state index in [1.807, 2.05) is 49.4 Å². The smallest absolute Gasteiger partial charge is 0.234 e. The fraction of sp³-hybridized carbons (Fsp3) is 0.278. The molecular formula is C18H21NO2S. The average Bonchev–Trinajstić information content (AvgIpc) is 2.55. The molecule has 0 aliphatic rings. The Kier molecular flexibility index (Phi) is 6.34. The molecule has 2 aromatic rings. The van der Waals surface area contributed by atoms with Crippen LogP contribution in [0.5, 0.6) is 5.75 Å². The van der Waals surface area contributed by atoms with Crippen molar-refractivity contribution in [3.8, 4) is 5.75 Å². The van der Waals surface area contributed by atoms with E-state index in [9.17, 15) is 4.79 Å². The third kappa shape index (κ3) is 5.11. The maximum atomic E-state index is 12.0. The summed E-state index contributed by atoms with van der Waals surface area (Å²) in [4.78, 5) is 12.0. The normalized spacial score (nSPS) is 11.7. The fourth-order valence-corrected chi connectivity index (χ4v) is 2.84. The summed E-state index contributed by atoms with van der Waals surface area (Å²) < 4.78 is 5.38. The van der Waals surface area contributed by atoms with Crippen molar-refractivity contribution in [1.82, 2.24) is 0 Å². The second kappa shape index (κ2) is 8.49. The van der Waals surface area contributed by atoms with Crippen LogP contribution >= 0.6 is 11.8 Å². The zero-order valence-corrected chi connectivity index (χ0v) is 13.7. The highest BCUT2D eigenvalue weighted by Crippen LogP contribution is 2.27. The van der Waals surface area contributed by atoms with Crippen LogP contribution in [-0.2, 0) is 4.79 Å². The third-order valence-corrected chi connectivity index (χ3v) is 4.38. The van der Waals surface area contributed by atoms with Crippen LogP contribution in [0.15, 0.2) is 54.6 Å². The Bertz CT molecular complexity index is 584. The summed E-state index contributed by atoms with van der Waals surface area (Å²) in [7, 11) is 0. The van der Waals surface area contributed by atoms with Crippen molar-refractivity contribution in [3.63, 3.8) is 0 Å². The van der Waals surface area contributed by atoms with Gasteiger partial charge in [-0.3, -0.25) is 4.79 Å². The van der Waals surface area contributed by atoms with E-state index in [-0.39, 0.29) is 5.91 Å². The lowest BCUT2D eigenvalue weighted by Crippen LogP contribution is -2.14. The summed E-state index contributed by atoms with van der Waals surface area (Å²) >= 11 is 1.63. The molecule has 1 amide bonds. The molecule has 0 bridgehead atoms. The Morgan fingerprint density at radius 2 is 1.82 bits per heavy atom. The Hall–Kier alpha value is -1.94. The predicted octanol–water partition coefficient (Wildman–Crippen LogP) is 4.52. The molecule has 2 rings (SSSR count). The van der Waals surface area contributed by atoms with Crippen molar-refractivity contribution in [1.29, 1.82) is 0 Å². The van der Waals surface area contributed by atoms with E-state index in [2.05, 4.69) is 24.4 Å². The maximum absolute atomic E-state index is 12.0. The molecule has 4 heteroatoms. The van der Waals surface area contributed by atoms with Crippen molar-refractivity contribution in [2.75, 3.05) is 17.7 Å². The zero-order chi connectivity index (χ0) is 15.8. The van der Waals surface area contributed by atoms with Crippen molar-refractivity contribution in [2.45, 2.75) is 19.1 Å². The molecule has 0 aliphatic carbocycles. The molecule has 116 valence electrons. The molecule has 3 nitrogen and oxygen atoms in total. The summed E-state index contributed by atoms with van der Waals surface area (Å²) in [6.45, 7) is 4.70. The molecule has 2 aromatic carbocycles. The monoisotopic (exact) mass is 315 g/mol. The second-order valence-electron chi connectivity index (χ2n) is 4.87. The Morgan fingerprint density at radius 3 is 2.45 bits per heavy atom. The Labute approximate surface area is 136 Å². The first-order valence-electron chi connectivity index (χ1n) is 7.38. The Morgan fingerprint density at radius 1 is 1.14 bits per heavy atom. The van der Waals surface area contributed by atoms with Crippen LogP contribution in [0.3, 0.4) is 0 Å². The van der Waals surface area contributed by atoms with E-state index in [1.54, 1.807) is 11.8 Å². The fourth-order valence-electron chi connectivity index (χ4n) is 2.02. The van der Waals surface area contributed by atoms with Crippen molar-refractivity contribution < 1.29 is 9.53 Å². The van der Waals surface area contributed by atoms with Crippen molar-refractivity contribution >= 4 is 23.4 Å². The first-order valence-corrected chi connectivity index (χ1v) is 8.43. The number of carbonyl (C=O) groups excluding carboxylic acids is 1. The van der Waals surface area contributed by atoms with E-state index in [0.29, 0.717) is 17.6 Å². The second-order valence-corrected chi connectivity index (χ2v) is 6.20. The number of thioether (sulfide) groups is 1. The summed E-state index contributed by atoms with van der Waals surface area (Å²) in [5.74, 6) is 1.26. The molecule has 0 aliphatic heterocycles. The molecule has 0 unspecified atom stereocenters. The maximum Gasteiger partial charge on any atom is 0.234 e. The van der Waals surface area contributed by atoms with Crippen LogP contribution in [-0.4, -0.2) is 18.3 Å². The topological polar surface area (TPSA) is 38.3 Å². The van der Waals surface area contributed by atoms with Gasteiger partial charge in [0.15, 0.2) is 0 Å². The van der Waals surface area contributed by atoms with Crippen LogP contribution in [0.4, 0.5) is 5.69 Å². The number of nitrogens with one attached hydrogen (secondary N) is 1. The van der Waals surface area contributed by atoms with Gasteiger partial charge in [-0.1, -0.05) is 30.3 Å². The first-order chi connectivity index (χ1) is 10.7. The van der Waals surface area contributed by atoms with E-state index < -0.39 is 0 Å². The average molecular weight is 315 g/mol. The van der Waals surface area contributed by atoms with Gasteiger partial charge in [0, 0.05) is 10.9 Å². The van der Waals surface area contributed by atoms with Crippen molar-refractivity contribution in [3.05, 3.63) is 60.2 Å². The van der Waals surface area contributed by atoms with Gasteiger partial charge >= 0.3 is 0 Å². The van der Waals surface area contributed by atoms with E-state index in [0.717, 1.165) is 11.4 Å². The highest BCUT2D eigenvalue weighted by atomic mass is 32.2. The van der Waals surface area contributed by atoms with Crippen molar-refractivity contribution in [2.24, 2.45) is 0 Å². The first kappa shape index (κ1) is 16.4. The van der Waals surface area contributed by atoms with Gasteiger partial charge in [0.25, 0.3) is 0 Å². The molecule has 0 spiro atoms. The highest BCUT2D eigenvalue weighted by molar-refractivity contribution is 8.00. The van der Waals surface area contributed by atoms with Gasteiger partial charge in [0.1, 0.15) is 5.75 Å². The van der Waals surface area contributed by atoms with Gasteiger partial charge in [-0.05, 0) is 43.7 Å². The number of carbonyl (C=O) groups is 1. The number of hydrogen-bond donors (Lipinski definition) is 1. The molecule has 0 saturated carbocycles. The van der Waals surface area contributed by atoms with E-state index in [4.69, 9.17) is 4.74 Å². The van der Waals surface area contributed by atoms with Crippen LogP contribution in [0.2, 0.25) is 0 Å². The molecule has 0 aromatic heterocycles. The summed E-state index contributed by atoms with van der Waals surface area (Å²) in [5.41, 5.74) is 2.03. The number of amides is 1. The van der Waals surface area contributed by atoms with E-state index >= 15 is 0 Å². The third-order valence-electron chi connectivity index (χ3n) is 3.18. The molecule has 0 radical (unpaired) electrons. The SMILES string of the molecule is CCOc1ccc(NC(=O)CS[C@@H](C)c2ccccc2)cc1. The summed E-state index contributed by atoms with van der Waals surface area (Å²) in [5, 5.41) is 3.20. The minimum Gasteiger partial charge on any atom is -0.494 e. The number of rotatable bonds is 7. The summed E-state index contributed by atoms with van der Waals surface area (Å²) in [6, 6.07) is 17.6. The lowest BCUT2D eigenvalue weighted by molar-refractivity contribution is -0.113. The van der Waals surface area contributed by atoms with Gasteiger partial charge in [-0.25, -0.2) is 0 Å². The van der Waals surface area contributed by atoms with Gasteiger partial charge in [0.2, 0.25) is 5.91 Å². The molecule has 1 atom stereocenters. The minimum atomic E-state index is 0.0111. The number of anilines is 1. The Balaban J connectivity index is 1.80.